The molecular formula is C24H25F3N2O4S. The standard InChI is InChI=1S/C24H25F3N2O4S/c25-24(26,27)20-5-3-4-19(12-20)17-6-8-18(9-7-17)23(31)15-28-14-22(13-21(28)16-30)34(32,33)29-10-1-2-11-29/h3-9,12-14,23,30-31H,1-2,10-11,15-16H2. The van der Waals surface area contributed by atoms with E-state index in [-0.39, 0.29) is 11.4 Å². The van der Waals surface area contributed by atoms with Crippen LogP contribution in [0.25, 0.3) is 11.1 Å². The summed E-state index contributed by atoms with van der Waals surface area (Å²) < 4.78 is 67.6. The van der Waals surface area contributed by atoms with Gasteiger partial charge in [-0.25, -0.2) is 8.42 Å². The summed E-state index contributed by atoms with van der Waals surface area (Å²) >= 11 is 0. The third-order valence-corrected chi connectivity index (χ3v) is 7.88. The number of aliphatic hydroxyl groups is 2. The van der Waals surface area contributed by atoms with E-state index in [0.717, 1.165) is 25.0 Å². The number of rotatable bonds is 7. The summed E-state index contributed by atoms with van der Waals surface area (Å²) in [5.41, 5.74) is 1.10. The Morgan fingerprint density at radius 2 is 1.65 bits per heavy atom. The number of aliphatic hydroxyl groups excluding tert-OH is 2. The van der Waals surface area contributed by atoms with E-state index in [4.69, 9.17) is 0 Å². The first kappa shape index (κ1) is 24.5. The van der Waals surface area contributed by atoms with E-state index < -0.39 is 34.5 Å². The molecule has 0 radical (unpaired) electrons. The fourth-order valence-corrected chi connectivity index (χ4v) is 5.69. The Balaban J connectivity index is 1.52. The molecule has 0 saturated carbocycles. The average Bonchev–Trinajstić information content (AvgIpc) is 3.50. The Kier molecular flexibility index (Phi) is 6.86. The predicted octanol–water partition coefficient (Wildman–Crippen LogP) is 4.18. The van der Waals surface area contributed by atoms with Crippen LogP contribution in [0.1, 0.15) is 35.8 Å². The molecule has 1 saturated heterocycles. The van der Waals surface area contributed by atoms with Gasteiger partial charge in [-0.3, -0.25) is 0 Å². The van der Waals surface area contributed by atoms with Gasteiger partial charge in [0.25, 0.3) is 0 Å². The first-order valence-corrected chi connectivity index (χ1v) is 12.3. The molecule has 1 fully saturated rings. The van der Waals surface area contributed by atoms with Crippen molar-refractivity contribution in [1.82, 2.24) is 8.87 Å². The highest BCUT2D eigenvalue weighted by molar-refractivity contribution is 7.89. The lowest BCUT2D eigenvalue weighted by atomic mass is 10.00. The zero-order valence-corrected chi connectivity index (χ0v) is 19.1. The van der Waals surface area contributed by atoms with Crippen molar-refractivity contribution in [3.05, 3.63) is 77.6 Å². The normalized spacial score (nSPS) is 16.1. The number of sulfonamides is 1. The molecular weight excluding hydrogens is 469 g/mol. The Labute approximate surface area is 195 Å². The Morgan fingerprint density at radius 1 is 0.971 bits per heavy atom. The molecule has 4 rings (SSSR count). The zero-order chi connectivity index (χ0) is 24.5. The molecule has 1 unspecified atom stereocenters. The van der Waals surface area contributed by atoms with Crippen LogP contribution in [0, 0.1) is 0 Å². The summed E-state index contributed by atoms with van der Waals surface area (Å²) in [6, 6.07) is 12.9. The lowest BCUT2D eigenvalue weighted by molar-refractivity contribution is -0.137. The van der Waals surface area contributed by atoms with E-state index >= 15 is 0 Å². The van der Waals surface area contributed by atoms with Crippen molar-refractivity contribution in [2.75, 3.05) is 13.1 Å². The molecule has 2 heterocycles. The first-order valence-electron chi connectivity index (χ1n) is 10.9. The van der Waals surface area contributed by atoms with Gasteiger partial charge in [0.2, 0.25) is 10.0 Å². The second-order valence-corrected chi connectivity index (χ2v) is 10.2. The topological polar surface area (TPSA) is 82.8 Å². The predicted molar refractivity (Wildman–Crippen MR) is 120 cm³/mol. The lowest BCUT2D eigenvalue weighted by Crippen LogP contribution is -2.27. The second kappa shape index (κ2) is 9.53. The Bertz CT molecular complexity index is 1250. The van der Waals surface area contributed by atoms with Crippen molar-refractivity contribution in [1.29, 1.82) is 0 Å². The number of alkyl halides is 3. The van der Waals surface area contributed by atoms with E-state index in [2.05, 4.69) is 0 Å². The van der Waals surface area contributed by atoms with Crippen LogP contribution in [-0.4, -0.2) is 40.6 Å². The van der Waals surface area contributed by atoms with Gasteiger partial charge in [-0.2, -0.15) is 17.5 Å². The van der Waals surface area contributed by atoms with Crippen molar-refractivity contribution >= 4 is 10.0 Å². The van der Waals surface area contributed by atoms with Crippen molar-refractivity contribution in [3.8, 4) is 11.1 Å². The van der Waals surface area contributed by atoms with Crippen molar-refractivity contribution < 1.29 is 31.8 Å². The van der Waals surface area contributed by atoms with Gasteiger partial charge in [-0.1, -0.05) is 36.4 Å². The molecule has 0 bridgehead atoms. The number of aromatic nitrogens is 1. The van der Waals surface area contributed by atoms with Gasteiger partial charge < -0.3 is 14.8 Å². The second-order valence-electron chi connectivity index (χ2n) is 8.31. The minimum absolute atomic E-state index is 0.00825. The summed E-state index contributed by atoms with van der Waals surface area (Å²) in [5, 5.41) is 20.4. The van der Waals surface area contributed by atoms with Gasteiger partial charge in [-0.15, -0.1) is 0 Å². The summed E-state index contributed by atoms with van der Waals surface area (Å²) in [5.74, 6) is 0. The van der Waals surface area contributed by atoms with E-state index in [1.165, 1.54) is 27.2 Å². The highest BCUT2D eigenvalue weighted by atomic mass is 32.2. The average molecular weight is 495 g/mol. The molecule has 2 aromatic carbocycles. The van der Waals surface area contributed by atoms with E-state index in [1.54, 1.807) is 30.3 Å². The maximum absolute atomic E-state index is 13.0. The molecule has 182 valence electrons. The maximum Gasteiger partial charge on any atom is 0.416 e. The van der Waals surface area contributed by atoms with Crippen molar-refractivity contribution in [3.63, 3.8) is 0 Å². The van der Waals surface area contributed by atoms with Crippen LogP contribution in [0.15, 0.2) is 65.7 Å². The fourth-order valence-electron chi connectivity index (χ4n) is 4.11. The summed E-state index contributed by atoms with van der Waals surface area (Å²) in [6.45, 7) is 0.538. The van der Waals surface area contributed by atoms with Gasteiger partial charge in [0.05, 0.1) is 24.8 Å². The highest BCUT2D eigenvalue weighted by Gasteiger charge is 2.31. The molecule has 1 aromatic heterocycles. The van der Waals surface area contributed by atoms with Gasteiger partial charge in [-0.05, 0) is 47.7 Å². The van der Waals surface area contributed by atoms with Gasteiger partial charge >= 0.3 is 6.18 Å². The molecule has 0 amide bonds. The summed E-state index contributed by atoms with van der Waals surface area (Å²) in [6.07, 6.45) is -2.42. The number of hydrogen-bond donors (Lipinski definition) is 2. The van der Waals surface area contributed by atoms with E-state index in [0.29, 0.717) is 35.5 Å². The van der Waals surface area contributed by atoms with E-state index in [1.807, 2.05) is 0 Å². The van der Waals surface area contributed by atoms with Crippen molar-refractivity contribution in [2.45, 2.75) is 43.2 Å². The molecule has 1 aliphatic rings. The van der Waals surface area contributed by atoms with Crippen LogP contribution in [0.3, 0.4) is 0 Å². The molecule has 0 aliphatic carbocycles. The van der Waals surface area contributed by atoms with Crippen LogP contribution in [0.5, 0.6) is 0 Å². The maximum atomic E-state index is 13.0. The monoisotopic (exact) mass is 494 g/mol. The molecule has 1 aliphatic heterocycles. The molecule has 6 nitrogen and oxygen atoms in total. The smallest absolute Gasteiger partial charge is 0.390 e. The molecule has 0 spiro atoms. The fraction of sp³-hybridized carbons (Fsp3) is 0.333. The summed E-state index contributed by atoms with van der Waals surface area (Å²) in [7, 11) is -3.66. The highest BCUT2D eigenvalue weighted by Crippen LogP contribution is 2.32. The molecule has 34 heavy (non-hydrogen) atoms. The van der Waals surface area contributed by atoms with Crippen LogP contribution in [-0.2, 0) is 29.4 Å². The van der Waals surface area contributed by atoms with Crippen LogP contribution >= 0.6 is 0 Å². The largest absolute Gasteiger partial charge is 0.416 e. The minimum atomic E-state index is -4.44. The molecule has 1 atom stereocenters. The Morgan fingerprint density at radius 3 is 2.26 bits per heavy atom. The quantitative estimate of drug-likeness (QED) is 0.516. The molecule has 10 heteroatoms. The van der Waals surface area contributed by atoms with E-state index in [9.17, 15) is 31.8 Å². The number of nitrogens with zero attached hydrogens (tertiary/aromatic N) is 2. The van der Waals surface area contributed by atoms with Crippen molar-refractivity contribution in [2.24, 2.45) is 0 Å². The third kappa shape index (κ3) is 5.05. The number of hydrogen-bond acceptors (Lipinski definition) is 4. The number of benzene rings is 2. The SMILES string of the molecule is O=S(=O)(c1cc(CO)n(CC(O)c2ccc(-c3cccc(C(F)(F)F)c3)cc2)c1)N1CCCC1. The first-order chi connectivity index (χ1) is 16.1. The molecule has 2 N–H and O–H groups in total. The van der Waals surface area contributed by atoms with Crippen LogP contribution in [0.2, 0.25) is 0 Å². The van der Waals surface area contributed by atoms with Gasteiger partial charge in [0.1, 0.15) is 4.90 Å². The minimum Gasteiger partial charge on any atom is -0.390 e. The third-order valence-electron chi connectivity index (χ3n) is 6.01. The summed E-state index contributed by atoms with van der Waals surface area (Å²) in [4.78, 5) is 0.0746. The van der Waals surface area contributed by atoms with Crippen LogP contribution in [0.4, 0.5) is 13.2 Å². The Hall–Kier alpha value is -2.66. The van der Waals surface area contributed by atoms with Gasteiger partial charge in [0, 0.05) is 25.0 Å². The number of halogens is 3. The molecule has 3 aromatic rings. The van der Waals surface area contributed by atoms with Crippen LogP contribution < -0.4 is 0 Å². The lowest BCUT2D eigenvalue weighted by Gasteiger charge is -2.15. The van der Waals surface area contributed by atoms with Gasteiger partial charge in [0.15, 0.2) is 0 Å². The zero-order valence-electron chi connectivity index (χ0n) is 18.2.